The monoisotopic (exact) mass is 679 g/mol. The first-order valence-electron chi connectivity index (χ1n) is 12.0. The zero-order valence-corrected chi connectivity index (χ0v) is 24.2. The van der Waals surface area contributed by atoms with E-state index in [0.29, 0.717) is 41.4 Å². The van der Waals surface area contributed by atoms with Crippen LogP contribution in [-0.2, 0) is 6.61 Å². The van der Waals surface area contributed by atoms with E-state index in [1.54, 1.807) is 12.3 Å². The molecule has 8 heteroatoms. The molecule has 0 atom stereocenters. The maximum absolute atomic E-state index is 13.4. The summed E-state index contributed by atoms with van der Waals surface area (Å²) in [6.07, 6.45) is 1.65. The van der Waals surface area contributed by atoms with E-state index < -0.39 is 0 Å². The van der Waals surface area contributed by atoms with E-state index in [0.717, 1.165) is 24.7 Å². The first kappa shape index (κ1) is 26.1. The largest absolute Gasteiger partial charge is 0.490 e. The average Bonchev–Trinajstić information content (AvgIpc) is 2.93. The fraction of sp³-hybridized carbons (Fsp3) is 0.100. The molecule has 0 fully saturated rings. The van der Waals surface area contributed by atoms with Crippen LogP contribution in [0.25, 0.3) is 22.3 Å². The van der Waals surface area contributed by atoms with Gasteiger partial charge in [-0.15, -0.1) is 0 Å². The highest BCUT2D eigenvalue weighted by Crippen LogP contribution is 2.34. The molecule has 0 aliphatic carbocycles. The molecule has 0 aliphatic heterocycles. The van der Waals surface area contributed by atoms with Gasteiger partial charge >= 0.3 is 0 Å². The number of rotatable bonds is 8. The predicted octanol–water partition coefficient (Wildman–Crippen LogP) is 7.29. The number of nitrogens with zero attached hydrogens (tertiary/aromatic N) is 3. The van der Waals surface area contributed by atoms with Crippen molar-refractivity contribution in [3.05, 3.63) is 121 Å². The molecule has 0 saturated heterocycles. The number of fused-ring (bicyclic) bond motifs is 1. The SMILES string of the molecule is CCOc1cc(C=Nn2c(-c3ccccc3)nc3ccccc3c2=O)cc(I)c1OCc1ccc(Br)cc1. The van der Waals surface area contributed by atoms with Crippen LogP contribution < -0.4 is 15.0 Å². The van der Waals surface area contributed by atoms with Crippen molar-refractivity contribution in [2.24, 2.45) is 5.10 Å². The molecule has 190 valence electrons. The van der Waals surface area contributed by atoms with E-state index in [-0.39, 0.29) is 5.56 Å². The lowest BCUT2D eigenvalue weighted by Crippen LogP contribution is -2.20. The highest BCUT2D eigenvalue weighted by Gasteiger charge is 2.14. The maximum atomic E-state index is 13.4. The minimum Gasteiger partial charge on any atom is -0.490 e. The fourth-order valence-electron chi connectivity index (χ4n) is 3.93. The summed E-state index contributed by atoms with van der Waals surface area (Å²) < 4.78 is 15.3. The van der Waals surface area contributed by atoms with Crippen LogP contribution in [0.3, 0.4) is 0 Å². The van der Waals surface area contributed by atoms with Crippen molar-refractivity contribution in [2.75, 3.05) is 6.61 Å². The molecule has 1 aromatic heterocycles. The Bertz CT molecular complexity index is 1670. The molecule has 5 aromatic rings. The number of ether oxygens (including phenoxy) is 2. The first-order valence-corrected chi connectivity index (χ1v) is 13.9. The van der Waals surface area contributed by atoms with E-state index >= 15 is 0 Å². The smallest absolute Gasteiger partial charge is 0.282 e. The van der Waals surface area contributed by atoms with E-state index in [1.165, 1.54) is 4.68 Å². The Morgan fingerprint density at radius 3 is 2.47 bits per heavy atom. The van der Waals surface area contributed by atoms with E-state index in [1.807, 2.05) is 91.9 Å². The Labute approximate surface area is 242 Å². The summed E-state index contributed by atoms with van der Waals surface area (Å²) in [5.41, 5.74) is 3.01. The number of hydrogen-bond donors (Lipinski definition) is 0. The summed E-state index contributed by atoms with van der Waals surface area (Å²) in [7, 11) is 0. The normalized spacial score (nSPS) is 11.2. The van der Waals surface area contributed by atoms with Gasteiger partial charge in [-0.1, -0.05) is 70.5 Å². The third kappa shape index (κ3) is 5.81. The zero-order chi connectivity index (χ0) is 26.5. The molecule has 0 amide bonds. The van der Waals surface area contributed by atoms with Crippen molar-refractivity contribution >= 4 is 55.6 Å². The third-order valence-corrected chi connectivity index (χ3v) is 7.07. The summed E-state index contributed by atoms with van der Waals surface area (Å²) in [6, 6.07) is 28.7. The van der Waals surface area contributed by atoms with Gasteiger partial charge in [0.25, 0.3) is 5.56 Å². The molecule has 0 saturated carbocycles. The van der Waals surface area contributed by atoms with Crippen LogP contribution in [0.15, 0.2) is 105 Å². The third-order valence-electron chi connectivity index (χ3n) is 5.74. The molecule has 4 aromatic carbocycles. The van der Waals surface area contributed by atoms with E-state index in [4.69, 9.17) is 14.5 Å². The molecular formula is C30H23BrIN3O3. The molecule has 1 heterocycles. The first-order chi connectivity index (χ1) is 18.5. The quantitative estimate of drug-likeness (QED) is 0.128. The highest BCUT2D eigenvalue weighted by molar-refractivity contribution is 14.1. The number of aromatic nitrogens is 2. The highest BCUT2D eigenvalue weighted by atomic mass is 127. The summed E-state index contributed by atoms with van der Waals surface area (Å²) in [6.45, 7) is 2.82. The number of hydrogen-bond acceptors (Lipinski definition) is 5. The van der Waals surface area contributed by atoms with Crippen LogP contribution in [0, 0.1) is 3.57 Å². The number of halogens is 2. The van der Waals surface area contributed by atoms with Gasteiger partial charge in [-0.05, 0) is 77.0 Å². The van der Waals surface area contributed by atoms with Gasteiger partial charge in [0.1, 0.15) is 6.61 Å². The standard InChI is InChI=1S/C30H23BrIN3O3/c1-2-37-27-17-21(16-25(32)28(27)38-19-20-12-14-23(31)15-13-20)18-33-35-29(22-8-4-3-5-9-22)34-26-11-7-6-10-24(26)30(35)36/h3-18H,2,19H2,1H3. The molecule has 0 spiro atoms. The van der Waals surface area contributed by atoms with Crippen molar-refractivity contribution < 1.29 is 9.47 Å². The molecule has 5 rings (SSSR count). The van der Waals surface area contributed by atoms with E-state index in [9.17, 15) is 4.79 Å². The van der Waals surface area contributed by atoms with Crippen LogP contribution in [0.2, 0.25) is 0 Å². The second-order valence-corrected chi connectivity index (χ2v) is 10.4. The average molecular weight is 680 g/mol. The van der Waals surface area contributed by atoms with Crippen LogP contribution in [0.1, 0.15) is 18.1 Å². The molecule has 6 nitrogen and oxygen atoms in total. The van der Waals surface area contributed by atoms with Crippen LogP contribution >= 0.6 is 38.5 Å². The second kappa shape index (κ2) is 11.9. The lowest BCUT2D eigenvalue weighted by molar-refractivity contribution is 0.267. The summed E-state index contributed by atoms with van der Waals surface area (Å²) >= 11 is 5.69. The Hall–Kier alpha value is -3.50. The fourth-order valence-corrected chi connectivity index (χ4v) is 4.98. The minimum absolute atomic E-state index is 0.236. The van der Waals surface area contributed by atoms with Crippen LogP contribution in [0.4, 0.5) is 0 Å². The Balaban J connectivity index is 1.52. The van der Waals surface area contributed by atoms with Gasteiger partial charge < -0.3 is 9.47 Å². The summed E-state index contributed by atoms with van der Waals surface area (Å²) in [4.78, 5) is 18.2. The Morgan fingerprint density at radius 2 is 1.71 bits per heavy atom. The van der Waals surface area contributed by atoms with Crippen LogP contribution in [0.5, 0.6) is 11.5 Å². The number of para-hydroxylation sites is 1. The Morgan fingerprint density at radius 1 is 0.974 bits per heavy atom. The molecule has 0 bridgehead atoms. The second-order valence-electron chi connectivity index (χ2n) is 8.36. The van der Waals surface area contributed by atoms with Gasteiger partial charge in [0, 0.05) is 10.0 Å². The summed E-state index contributed by atoms with van der Waals surface area (Å²) in [5, 5.41) is 5.09. The molecule has 0 N–H and O–H groups in total. The van der Waals surface area contributed by atoms with Crippen molar-refractivity contribution in [3.8, 4) is 22.9 Å². The molecular weight excluding hydrogens is 657 g/mol. The van der Waals surface area contributed by atoms with Gasteiger partial charge in [-0.2, -0.15) is 9.78 Å². The topological polar surface area (TPSA) is 65.7 Å². The van der Waals surface area contributed by atoms with E-state index in [2.05, 4.69) is 43.6 Å². The van der Waals surface area contributed by atoms with Crippen molar-refractivity contribution in [1.29, 1.82) is 0 Å². The molecule has 0 radical (unpaired) electrons. The van der Waals surface area contributed by atoms with Gasteiger partial charge in [-0.25, -0.2) is 4.98 Å². The number of benzene rings is 4. The van der Waals surface area contributed by atoms with Gasteiger partial charge in [0.2, 0.25) is 0 Å². The van der Waals surface area contributed by atoms with Gasteiger partial charge in [-0.3, -0.25) is 4.79 Å². The van der Waals surface area contributed by atoms with Crippen molar-refractivity contribution in [2.45, 2.75) is 13.5 Å². The molecule has 0 unspecified atom stereocenters. The zero-order valence-electron chi connectivity index (χ0n) is 20.5. The van der Waals surface area contributed by atoms with Crippen LogP contribution in [-0.4, -0.2) is 22.5 Å². The lowest BCUT2D eigenvalue weighted by Gasteiger charge is -2.15. The van der Waals surface area contributed by atoms with Crippen molar-refractivity contribution in [3.63, 3.8) is 0 Å². The molecule has 38 heavy (non-hydrogen) atoms. The molecule has 0 aliphatic rings. The summed E-state index contributed by atoms with van der Waals surface area (Å²) in [5.74, 6) is 1.76. The van der Waals surface area contributed by atoms with Gasteiger partial charge in [0.05, 0.1) is 27.3 Å². The Kier molecular flexibility index (Phi) is 8.19. The predicted molar refractivity (Wildman–Crippen MR) is 163 cm³/mol. The van der Waals surface area contributed by atoms with Gasteiger partial charge in [0.15, 0.2) is 17.3 Å². The minimum atomic E-state index is -0.236. The maximum Gasteiger partial charge on any atom is 0.282 e. The lowest BCUT2D eigenvalue weighted by atomic mass is 10.2. The van der Waals surface area contributed by atoms with Crippen molar-refractivity contribution in [1.82, 2.24) is 9.66 Å².